The number of pyridine rings is 1. The van der Waals surface area contributed by atoms with Crippen LogP contribution in [0, 0.1) is 0 Å². The molecule has 0 fully saturated rings. The molecule has 0 saturated carbocycles. The van der Waals surface area contributed by atoms with Crippen LogP contribution in [0.2, 0.25) is 0 Å². The van der Waals surface area contributed by atoms with Gasteiger partial charge in [0, 0.05) is 23.8 Å². The summed E-state index contributed by atoms with van der Waals surface area (Å²) in [4.78, 5) is 15.8. The minimum Gasteiger partial charge on any atom is -0.481 e. The fraction of sp³-hybridized carbons (Fsp3) is 0.263. The molecule has 23 heavy (non-hydrogen) atoms. The third-order valence-corrected chi connectivity index (χ3v) is 3.40. The number of hydrogen-bond donors (Lipinski definition) is 0. The van der Waals surface area contributed by atoms with E-state index in [1.54, 1.807) is 27.2 Å². The number of esters is 1. The zero-order valence-electron chi connectivity index (χ0n) is 13.7. The normalized spacial score (nSPS) is 11.2. The molecule has 0 aliphatic heterocycles. The molecular weight excluding hydrogens is 290 g/mol. The van der Waals surface area contributed by atoms with Crippen LogP contribution >= 0.6 is 0 Å². The highest BCUT2D eigenvalue weighted by molar-refractivity contribution is 5.92. The number of benzene rings is 1. The van der Waals surface area contributed by atoms with Crippen LogP contribution in [0.15, 0.2) is 48.2 Å². The second kappa shape index (κ2) is 8.13. The Morgan fingerprint density at radius 2 is 1.96 bits per heavy atom. The summed E-state index contributed by atoms with van der Waals surface area (Å²) in [6.07, 6.45) is 4.29. The Labute approximate surface area is 136 Å². The number of ether oxygens (including phenoxy) is 2. The Hall–Kier alpha value is -2.62. The summed E-state index contributed by atoms with van der Waals surface area (Å²) in [5, 5.41) is 0. The number of rotatable bonds is 6. The lowest BCUT2D eigenvalue weighted by Crippen LogP contribution is -2.04. The molecule has 2 aromatic rings. The summed E-state index contributed by atoms with van der Waals surface area (Å²) in [7, 11) is 1.62. The number of carbonyl (C=O) groups excluding carboxylic acids is 1. The van der Waals surface area contributed by atoms with Crippen molar-refractivity contribution in [3.8, 4) is 5.88 Å². The number of methoxy groups -OCH3 is 1. The van der Waals surface area contributed by atoms with Crippen LogP contribution in [-0.4, -0.2) is 24.7 Å². The molecule has 1 aromatic heterocycles. The molecule has 0 aliphatic rings. The van der Waals surface area contributed by atoms with Crippen molar-refractivity contribution in [2.24, 2.45) is 0 Å². The zero-order valence-corrected chi connectivity index (χ0v) is 13.7. The van der Waals surface area contributed by atoms with E-state index in [0.29, 0.717) is 18.1 Å². The molecular formula is C19H21NO3. The van der Waals surface area contributed by atoms with Crippen molar-refractivity contribution in [2.45, 2.75) is 20.3 Å². The van der Waals surface area contributed by atoms with E-state index in [1.807, 2.05) is 42.5 Å². The number of nitrogens with zero attached hydrogens (tertiary/aromatic N) is 1. The van der Waals surface area contributed by atoms with Crippen molar-refractivity contribution in [1.82, 2.24) is 4.98 Å². The van der Waals surface area contributed by atoms with E-state index in [1.165, 1.54) is 0 Å². The van der Waals surface area contributed by atoms with Gasteiger partial charge in [0.05, 0.1) is 13.7 Å². The smallest absolute Gasteiger partial charge is 0.333 e. The molecule has 2 rings (SSSR count). The van der Waals surface area contributed by atoms with Gasteiger partial charge in [-0.05, 0) is 37.1 Å². The fourth-order valence-electron chi connectivity index (χ4n) is 2.25. The van der Waals surface area contributed by atoms with Gasteiger partial charge < -0.3 is 9.47 Å². The minimum atomic E-state index is -0.281. The number of carbonyl (C=O) groups is 1. The van der Waals surface area contributed by atoms with Gasteiger partial charge in [-0.15, -0.1) is 0 Å². The molecule has 4 nitrogen and oxygen atoms in total. The lowest BCUT2D eigenvalue weighted by Gasteiger charge is -2.07. The maximum atomic E-state index is 11.6. The van der Waals surface area contributed by atoms with Crippen LogP contribution < -0.4 is 4.74 Å². The van der Waals surface area contributed by atoms with Gasteiger partial charge in [0.25, 0.3) is 0 Å². The minimum absolute atomic E-state index is 0.281. The van der Waals surface area contributed by atoms with Gasteiger partial charge in [-0.25, -0.2) is 9.78 Å². The lowest BCUT2D eigenvalue weighted by atomic mass is 10.0. The first kappa shape index (κ1) is 16.7. The molecule has 0 unspecified atom stereocenters. The first-order valence-electron chi connectivity index (χ1n) is 7.56. The molecule has 4 heteroatoms. The van der Waals surface area contributed by atoms with E-state index >= 15 is 0 Å². The van der Waals surface area contributed by atoms with Crippen LogP contribution in [0.5, 0.6) is 5.88 Å². The Morgan fingerprint density at radius 3 is 2.61 bits per heavy atom. The number of aromatic nitrogens is 1. The van der Waals surface area contributed by atoms with E-state index in [4.69, 9.17) is 9.47 Å². The predicted octanol–water partition coefficient (Wildman–Crippen LogP) is 3.65. The van der Waals surface area contributed by atoms with E-state index < -0.39 is 0 Å². The molecule has 0 radical (unpaired) electrons. The van der Waals surface area contributed by atoms with E-state index in [-0.39, 0.29) is 5.97 Å². The average molecular weight is 311 g/mol. The molecule has 120 valence electrons. The highest BCUT2D eigenvalue weighted by Gasteiger charge is 2.06. The Morgan fingerprint density at radius 1 is 1.22 bits per heavy atom. The van der Waals surface area contributed by atoms with Crippen LogP contribution in [0.25, 0.3) is 6.08 Å². The Kier molecular flexibility index (Phi) is 5.92. The molecule has 0 atom stereocenters. The maximum absolute atomic E-state index is 11.6. The fourth-order valence-corrected chi connectivity index (χ4v) is 2.25. The summed E-state index contributed by atoms with van der Waals surface area (Å²) in [5.41, 5.74) is 3.76. The average Bonchev–Trinajstić information content (AvgIpc) is 2.57. The van der Waals surface area contributed by atoms with Gasteiger partial charge >= 0.3 is 5.97 Å². The molecule has 1 aromatic carbocycles. The molecule has 0 bridgehead atoms. The number of hydrogen-bond acceptors (Lipinski definition) is 4. The molecule has 0 N–H and O–H groups in total. The van der Waals surface area contributed by atoms with Crippen LogP contribution in [0.1, 0.15) is 30.5 Å². The summed E-state index contributed by atoms with van der Waals surface area (Å²) in [6.45, 7) is 3.94. The second-order valence-electron chi connectivity index (χ2n) is 5.14. The SMILES string of the molecule is CCOC(=O)C(C)=Cc1ccc(Cc2cccnc2OC)cc1. The van der Waals surface area contributed by atoms with Crippen molar-refractivity contribution >= 4 is 12.0 Å². The molecule has 0 saturated heterocycles. The van der Waals surface area contributed by atoms with Crippen LogP contribution in [0.3, 0.4) is 0 Å². The van der Waals surface area contributed by atoms with Crippen molar-refractivity contribution in [2.75, 3.05) is 13.7 Å². The van der Waals surface area contributed by atoms with Crippen molar-refractivity contribution < 1.29 is 14.3 Å². The summed E-state index contributed by atoms with van der Waals surface area (Å²) in [6, 6.07) is 12.0. The van der Waals surface area contributed by atoms with Crippen LogP contribution in [-0.2, 0) is 16.0 Å². The third kappa shape index (κ3) is 4.68. The van der Waals surface area contributed by atoms with Crippen molar-refractivity contribution in [3.63, 3.8) is 0 Å². The molecule has 0 amide bonds. The standard InChI is InChI=1S/C19H21NO3/c1-4-23-19(21)14(2)12-15-7-9-16(10-8-15)13-17-6-5-11-20-18(17)22-3/h5-12H,4,13H2,1-3H3. The maximum Gasteiger partial charge on any atom is 0.333 e. The van der Waals surface area contributed by atoms with E-state index in [2.05, 4.69) is 4.98 Å². The van der Waals surface area contributed by atoms with E-state index in [0.717, 1.165) is 23.1 Å². The summed E-state index contributed by atoms with van der Waals surface area (Å²) < 4.78 is 10.2. The van der Waals surface area contributed by atoms with Gasteiger partial charge in [0.1, 0.15) is 0 Å². The van der Waals surface area contributed by atoms with E-state index in [9.17, 15) is 4.79 Å². The topological polar surface area (TPSA) is 48.4 Å². The summed E-state index contributed by atoms with van der Waals surface area (Å²) in [5.74, 6) is 0.367. The first-order chi connectivity index (χ1) is 11.1. The predicted molar refractivity (Wildman–Crippen MR) is 90.3 cm³/mol. The largest absolute Gasteiger partial charge is 0.481 e. The molecule has 0 spiro atoms. The van der Waals surface area contributed by atoms with Crippen molar-refractivity contribution in [3.05, 3.63) is 64.9 Å². The van der Waals surface area contributed by atoms with Gasteiger partial charge in [-0.1, -0.05) is 30.3 Å². The zero-order chi connectivity index (χ0) is 16.7. The quantitative estimate of drug-likeness (QED) is 0.603. The highest BCUT2D eigenvalue weighted by Crippen LogP contribution is 2.19. The van der Waals surface area contributed by atoms with Gasteiger partial charge in [-0.3, -0.25) is 0 Å². The van der Waals surface area contributed by atoms with Crippen LogP contribution in [0.4, 0.5) is 0 Å². The Bertz CT molecular complexity index is 690. The second-order valence-corrected chi connectivity index (χ2v) is 5.14. The van der Waals surface area contributed by atoms with Gasteiger partial charge in [-0.2, -0.15) is 0 Å². The highest BCUT2D eigenvalue weighted by atomic mass is 16.5. The van der Waals surface area contributed by atoms with Crippen molar-refractivity contribution in [1.29, 1.82) is 0 Å². The molecule has 1 heterocycles. The third-order valence-electron chi connectivity index (χ3n) is 3.40. The molecule has 0 aliphatic carbocycles. The van der Waals surface area contributed by atoms with Gasteiger partial charge in [0.15, 0.2) is 0 Å². The Balaban J connectivity index is 2.10. The lowest BCUT2D eigenvalue weighted by molar-refractivity contribution is -0.138. The van der Waals surface area contributed by atoms with Gasteiger partial charge in [0.2, 0.25) is 5.88 Å². The monoisotopic (exact) mass is 311 g/mol. The summed E-state index contributed by atoms with van der Waals surface area (Å²) >= 11 is 0. The first-order valence-corrected chi connectivity index (χ1v) is 7.56.